The molecule has 0 saturated carbocycles. The summed E-state index contributed by atoms with van der Waals surface area (Å²) < 4.78 is 69.8. The van der Waals surface area contributed by atoms with Gasteiger partial charge in [-0.2, -0.15) is 0 Å². The van der Waals surface area contributed by atoms with Gasteiger partial charge in [-0.15, -0.1) is 0 Å². The van der Waals surface area contributed by atoms with Crippen LogP contribution in [-0.2, 0) is 20.2 Å². The van der Waals surface area contributed by atoms with Gasteiger partial charge in [-0.3, -0.25) is 0 Å². The Hall–Kier alpha value is 2.11. The van der Waals surface area contributed by atoms with Crippen molar-refractivity contribution in [3.63, 3.8) is 0 Å². The van der Waals surface area contributed by atoms with Gasteiger partial charge in [0.25, 0.3) is 0 Å². The van der Waals surface area contributed by atoms with Gasteiger partial charge in [0.15, 0.2) is 0 Å². The smallest absolute Gasteiger partial charge is 0.744 e. The van der Waals surface area contributed by atoms with Crippen LogP contribution in [0.15, 0.2) is 21.9 Å². The van der Waals surface area contributed by atoms with Gasteiger partial charge in [0, 0.05) is 0 Å². The molecular weight excluding hydrogens is 350 g/mol. The first kappa shape index (κ1) is 23.4. The molecule has 0 atom stereocenters. The summed E-state index contributed by atoms with van der Waals surface area (Å²) >= 11 is 0. The van der Waals surface area contributed by atoms with Crippen LogP contribution in [0, 0.1) is 6.92 Å². The molecule has 19 heavy (non-hydrogen) atoms. The molecule has 0 aliphatic heterocycles. The van der Waals surface area contributed by atoms with E-state index >= 15 is 0 Å². The first-order valence-corrected chi connectivity index (χ1v) is 6.99. The zero-order valence-electron chi connectivity index (χ0n) is 10.8. The van der Waals surface area contributed by atoms with Crippen molar-refractivity contribution in [1.82, 2.24) is 0 Å². The van der Waals surface area contributed by atoms with Gasteiger partial charge in [-0.05, 0) is 24.6 Å². The van der Waals surface area contributed by atoms with Crippen LogP contribution in [0.2, 0.25) is 0 Å². The second-order valence-corrected chi connectivity index (χ2v) is 5.87. The number of hydrogen-bond acceptors (Lipinski definition) is 7. The SMILES string of the molecule is COc1cc(C)c(S(=O)(=O)[O-])cc1S(=O)(=O)[O-].[K+].[K+]. The van der Waals surface area contributed by atoms with Crippen LogP contribution in [0.4, 0.5) is 0 Å². The molecule has 0 heterocycles. The maximum absolute atomic E-state index is 10.9. The fraction of sp³-hybridized carbons (Fsp3) is 0.250. The molecule has 0 bridgehead atoms. The predicted molar refractivity (Wildman–Crippen MR) is 53.7 cm³/mol. The first-order valence-electron chi connectivity index (χ1n) is 4.18. The average Bonchev–Trinajstić information content (AvgIpc) is 2.13. The molecule has 7 nitrogen and oxygen atoms in total. The minimum atomic E-state index is -4.92. The van der Waals surface area contributed by atoms with Crippen molar-refractivity contribution in [3.05, 3.63) is 17.7 Å². The van der Waals surface area contributed by atoms with Gasteiger partial charge in [-0.1, -0.05) is 0 Å². The Morgan fingerprint density at radius 3 is 1.68 bits per heavy atom. The van der Waals surface area contributed by atoms with Crippen molar-refractivity contribution in [2.75, 3.05) is 7.11 Å². The predicted octanol–water partition coefficient (Wildman–Crippen LogP) is -6.18. The topological polar surface area (TPSA) is 124 Å². The summed E-state index contributed by atoms with van der Waals surface area (Å²) in [6.07, 6.45) is 0. The number of hydrogen-bond donors (Lipinski definition) is 0. The second kappa shape index (κ2) is 8.67. The van der Waals surface area contributed by atoms with Gasteiger partial charge in [-0.25, -0.2) is 16.8 Å². The van der Waals surface area contributed by atoms with E-state index in [4.69, 9.17) is 0 Å². The molecule has 0 aliphatic rings. The van der Waals surface area contributed by atoms with Gasteiger partial charge in [0.05, 0.1) is 16.9 Å². The number of aryl methyl sites for hydroxylation is 1. The van der Waals surface area contributed by atoms with Crippen molar-refractivity contribution < 1.29 is 133 Å². The van der Waals surface area contributed by atoms with E-state index in [9.17, 15) is 25.9 Å². The van der Waals surface area contributed by atoms with Crippen molar-refractivity contribution in [1.29, 1.82) is 0 Å². The van der Waals surface area contributed by atoms with Crippen LogP contribution < -0.4 is 108 Å². The molecule has 1 rings (SSSR count). The molecule has 0 N–H and O–H groups in total. The van der Waals surface area contributed by atoms with E-state index in [0.29, 0.717) is 6.07 Å². The Kier molecular flexibility index (Phi) is 10.7. The Labute approximate surface area is 196 Å². The van der Waals surface area contributed by atoms with Crippen molar-refractivity contribution in [3.8, 4) is 5.75 Å². The summed E-state index contributed by atoms with van der Waals surface area (Å²) in [4.78, 5) is -1.63. The molecule has 96 valence electrons. The van der Waals surface area contributed by atoms with Crippen molar-refractivity contribution in [2.24, 2.45) is 0 Å². The Balaban J connectivity index is 0. The summed E-state index contributed by atoms with van der Waals surface area (Å²) in [7, 11) is -8.65. The third-order valence-corrected chi connectivity index (χ3v) is 3.84. The molecule has 0 spiro atoms. The van der Waals surface area contributed by atoms with Gasteiger partial charge in [0.2, 0.25) is 0 Å². The minimum Gasteiger partial charge on any atom is -0.744 e. The van der Waals surface area contributed by atoms with Crippen LogP contribution in [0.1, 0.15) is 5.56 Å². The third-order valence-electron chi connectivity index (χ3n) is 2.00. The molecule has 0 radical (unpaired) electrons. The quantitative estimate of drug-likeness (QED) is 0.389. The minimum absolute atomic E-state index is 0. The van der Waals surface area contributed by atoms with E-state index < -0.39 is 30.0 Å². The van der Waals surface area contributed by atoms with Gasteiger partial charge in [0.1, 0.15) is 26.0 Å². The largest absolute Gasteiger partial charge is 1.00 e. The second-order valence-electron chi connectivity index (χ2n) is 3.18. The Morgan fingerprint density at radius 2 is 1.37 bits per heavy atom. The van der Waals surface area contributed by atoms with Gasteiger partial charge < -0.3 is 13.8 Å². The Bertz CT molecular complexity index is 652. The first-order chi connectivity index (χ1) is 7.57. The summed E-state index contributed by atoms with van der Waals surface area (Å²) in [6.45, 7) is 1.29. The normalized spacial score (nSPS) is 11.2. The van der Waals surface area contributed by atoms with Crippen LogP contribution in [0.3, 0.4) is 0 Å². The monoisotopic (exact) mass is 358 g/mol. The Morgan fingerprint density at radius 1 is 0.947 bits per heavy atom. The van der Waals surface area contributed by atoms with Crippen LogP contribution in [-0.4, -0.2) is 33.1 Å². The molecule has 1 aromatic carbocycles. The van der Waals surface area contributed by atoms with Crippen LogP contribution >= 0.6 is 0 Å². The molecular formula is C8H8K2O7S2. The molecule has 0 aromatic heterocycles. The van der Waals surface area contributed by atoms with E-state index in [2.05, 4.69) is 4.74 Å². The summed E-state index contributed by atoms with van der Waals surface area (Å²) in [5, 5.41) is 0. The molecule has 1 aromatic rings. The molecule has 0 amide bonds. The fourth-order valence-electron chi connectivity index (χ4n) is 1.27. The zero-order chi connectivity index (χ0) is 13.4. The maximum Gasteiger partial charge on any atom is 1.00 e. The molecule has 0 saturated heterocycles. The van der Waals surface area contributed by atoms with E-state index in [1.165, 1.54) is 6.92 Å². The van der Waals surface area contributed by atoms with Crippen molar-refractivity contribution >= 4 is 20.2 Å². The summed E-state index contributed by atoms with van der Waals surface area (Å²) in [5.74, 6) is -0.301. The molecule has 0 unspecified atom stereocenters. The number of ether oxygens (including phenoxy) is 1. The van der Waals surface area contributed by atoms with E-state index in [-0.39, 0.29) is 114 Å². The number of rotatable bonds is 3. The molecule has 0 aliphatic carbocycles. The van der Waals surface area contributed by atoms with Crippen LogP contribution in [0.5, 0.6) is 5.75 Å². The van der Waals surface area contributed by atoms with Crippen molar-refractivity contribution in [2.45, 2.75) is 16.7 Å². The third kappa shape index (κ3) is 6.40. The van der Waals surface area contributed by atoms with E-state index in [1.54, 1.807) is 0 Å². The average molecular weight is 358 g/mol. The molecule has 0 fully saturated rings. The molecule has 11 heteroatoms. The maximum atomic E-state index is 10.9. The van der Waals surface area contributed by atoms with E-state index in [0.717, 1.165) is 13.2 Å². The number of benzene rings is 1. The van der Waals surface area contributed by atoms with Crippen LogP contribution in [0.25, 0.3) is 0 Å². The number of methoxy groups -OCH3 is 1. The van der Waals surface area contributed by atoms with Gasteiger partial charge >= 0.3 is 103 Å². The summed E-state index contributed by atoms with van der Waals surface area (Å²) in [6, 6.07) is 1.52. The fourth-order valence-corrected chi connectivity index (χ4v) is 2.71. The summed E-state index contributed by atoms with van der Waals surface area (Å²) in [5.41, 5.74) is 0.00394. The standard InChI is InChI=1S/C8H10O7S2.2K/c1-5-3-6(15-2)8(17(12,13)14)4-7(5)16(9,10)11;;/h3-4H,1-2H3,(H,9,10,11)(H,12,13,14);;/q;2*+1/p-2. The van der Waals surface area contributed by atoms with E-state index in [1.807, 2.05) is 0 Å². The zero-order valence-corrected chi connectivity index (χ0v) is 18.7.